The third kappa shape index (κ3) is 3.50. The maximum atomic E-state index is 11.5. The number of hydrogen-bond acceptors (Lipinski definition) is 6. The van der Waals surface area contributed by atoms with E-state index < -0.39 is 15.2 Å². The molecule has 2 rings (SSSR count). The summed E-state index contributed by atoms with van der Waals surface area (Å²) in [5.74, 6) is -0.299. The number of furan rings is 1. The lowest BCUT2D eigenvalue weighted by Gasteiger charge is -1.94. The summed E-state index contributed by atoms with van der Waals surface area (Å²) in [7, 11) is -4.37. The Kier molecular flexibility index (Phi) is 3.79. The van der Waals surface area contributed by atoms with Crippen LogP contribution in [0.4, 0.5) is 0 Å². The van der Waals surface area contributed by atoms with E-state index in [9.17, 15) is 13.2 Å². The van der Waals surface area contributed by atoms with Crippen molar-refractivity contribution in [3.8, 4) is 0 Å². The SMILES string of the molecule is O=C(NN=Cc1ccc(S(=O)(=O)O)o1)c1cccs1. The minimum Gasteiger partial charge on any atom is -0.441 e. The molecular weight excluding hydrogens is 292 g/mol. The van der Waals surface area contributed by atoms with Crippen molar-refractivity contribution in [1.29, 1.82) is 0 Å². The first kappa shape index (κ1) is 13.5. The number of hydrogen-bond donors (Lipinski definition) is 2. The Morgan fingerprint density at radius 3 is 2.79 bits per heavy atom. The second-order valence-corrected chi connectivity index (χ2v) is 5.61. The normalized spacial score (nSPS) is 11.8. The summed E-state index contributed by atoms with van der Waals surface area (Å²) in [6.45, 7) is 0. The first-order chi connectivity index (χ1) is 8.97. The Morgan fingerprint density at radius 1 is 1.42 bits per heavy atom. The highest BCUT2D eigenvalue weighted by molar-refractivity contribution is 7.85. The Balaban J connectivity index is 2.00. The van der Waals surface area contributed by atoms with Gasteiger partial charge in [-0.05, 0) is 23.6 Å². The second-order valence-electron chi connectivity index (χ2n) is 3.31. The molecular formula is C10H8N2O5S2. The van der Waals surface area contributed by atoms with Crippen molar-refractivity contribution in [3.63, 3.8) is 0 Å². The van der Waals surface area contributed by atoms with Crippen LogP contribution in [0.2, 0.25) is 0 Å². The molecule has 0 aliphatic rings. The summed E-state index contributed by atoms with van der Waals surface area (Å²) >= 11 is 1.26. The summed E-state index contributed by atoms with van der Waals surface area (Å²) in [6.07, 6.45) is 1.13. The van der Waals surface area contributed by atoms with E-state index in [4.69, 9.17) is 8.97 Å². The highest BCUT2D eigenvalue weighted by Crippen LogP contribution is 2.11. The van der Waals surface area contributed by atoms with Gasteiger partial charge in [-0.2, -0.15) is 13.5 Å². The summed E-state index contributed by atoms with van der Waals surface area (Å²) in [6, 6.07) is 5.74. The van der Waals surface area contributed by atoms with Crippen molar-refractivity contribution in [3.05, 3.63) is 40.3 Å². The zero-order valence-electron chi connectivity index (χ0n) is 9.31. The minimum absolute atomic E-state index is 0.0825. The Morgan fingerprint density at radius 2 is 2.21 bits per heavy atom. The fourth-order valence-electron chi connectivity index (χ4n) is 1.16. The Bertz CT molecular complexity index is 700. The molecule has 1 amide bonds. The van der Waals surface area contributed by atoms with Crippen molar-refractivity contribution >= 4 is 33.6 Å². The van der Waals surface area contributed by atoms with E-state index in [1.54, 1.807) is 17.5 Å². The van der Waals surface area contributed by atoms with Crippen LogP contribution in [0.1, 0.15) is 15.4 Å². The molecule has 0 aliphatic carbocycles. The number of nitrogens with one attached hydrogen (secondary N) is 1. The van der Waals surface area contributed by atoms with Crippen molar-refractivity contribution in [2.75, 3.05) is 0 Å². The van der Waals surface area contributed by atoms with E-state index >= 15 is 0 Å². The van der Waals surface area contributed by atoms with Crippen LogP contribution in [-0.4, -0.2) is 25.1 Å². The summed E-state index contributed by atoms with van der Waals surface area (Å²) in [5, 5.41) is 4.77. The van der Waals surface area contributed by atoms with Gasteiger partial charge in [0.2, 0.25) is 5.09 Å². The molecule has 0 fully saturated rings. The fraction of sp³-hybridized carbons (Fsp3) is 0. The van der Waals surface area contributed by atoms with Crippen LogP contribution < -0.4 is 5.43 Å². The number of amides is 1. The van der Waals surface area contributed by atoms with Gasteiger partial charge in [-0.15, -0.1) is 11.3 Å². The number of hydrazone groups is 1. The molecule has 0 spiro atoms. The lowest BCUT2D eigenvalue weighted by Crippen LogP contribution is -2.15. The molecule has 0 radical (unpaired) electrons. The predicted octanol–water partition coefficient (Wildman–Crippen LogP) is 1.35. The number of rotatable bonds is 4. The van der Waals surface area contributed by atoms with E-state index in [0.29, 0.717) is 4.88 Å². The summed E-state index contributed by atoms with van der Waals surface area (Å²) in [4.78, 5) is 12.0. The van der Waals surface area contributed by atoms with E-state index in [-0.39, 0.29) is 11.7 Å². The molecule has 9 heteroatoms. The van der Waals surface area contributed by atoms with Gasteiger partial charge >= 0.3 is 10.1 Å². The molecule has 0 unspecified atom stereocenters. The van der Waals surface area contributed by atoms with Crippen LogP contribution >= 0.6 is 11.3 Å². The standard InChI is InChI=1S/C10H8N2O5S2/c13-10(8-2-1-5-18-8)12-11-6-7-3-4-9(17-7)19(14,15)16/h1-6H,(H,12,13)(H,14,15,16). The van der Waals surface area contributed by atoms with Crippen molar-refractivity contribution in [2.24, 2.45) is 5.10 Å². The van der Waals surface area contributed by atoms with Gasteiger partial charge in [0, 0.05) is 0 Å². The molecule has 100 valence electrons. The van der Waals surface area contributed by atoms with Crippen LogP contribution in [0.25, 0.3) is 0 Å². The molecule has 0 saturated carbocycles. The monoisotopic (exact) mass is 300 g/mol. The van der Waals surface area contributed by atoms with Gasteiger partial charge in [0.15, 0.2) is 0 Å². The molecule has 2 aromatic rings. The molecule has 7 nitrogen and oxygen atoms in total. The number of carbonyl (C=O) groups is 1. The summed E-state index contributed by atoms with van der Waals surface area (Å²) in [5.41, 5.74) is 2.25. The van der Waals surface area contributed by atoms with Gasteiger partial charge in [0.25, 0.3) is 5.91 Å². The fourth-order valence-corrected chi connectivity index (χ4v) is 2.21. The molecule has 0 atom stereocenters. The molecule has 0 aliphatic heterocycles. The quantitative estimate of drug-likeness (QED) is 0.503. The minimum atomic E-state index is -4.37. The second kappa shape index (κ2) is 5.34. The largest absolute Gasteiger partial charge is 0.441 e. The average molecular weight is 300 g/mol. The molecule has 19 heavy (non-hydrogen) atoms. The average Bonchev–Trinajstić information content (AvgIpc) is 2.99. The van der Waals surface area contributed by atoms with Crippen molar-refractivity contribution in [1.82, 2.24) is 5.43 Å². The van der Waals surface area contributed by atoms with Crippen LogP contribution in [0.15, 0.2) is 44.3 Å². The van der Waals surface area contributed by atoms with Crippen LogP contribution in [-0.2, 0) is 10.1 Å². The smallest absolute Gasteiger partial charge is 0.328 e. The highest BCUT2D eigenvalue weighted by Gasteiger charge is 2.14. The maximum absolute atomic E-state index is 11.5. The van der Waals surface area contributed by atoms with E-state index in [2.05, 4.69) is 10.5 Å². The van der Waals surface area contributed by atoms with Crippen molar-refractivity contribution in [2.45, 2.75) is 5.09 Å². The third-order valence-electron chi connectivity index (χ3n) is 1.96. The molecule has 0 bridgehead atoms. The first-order valence-corrected chi connectivity index (χ1v) is 7.23. The molecule has 2 aromatic heterocycles. The topological polar surface area (TPSA) is 109 Å². The van der Waals surface area contributed by atoms with E-state index in [1.165, 1.54) is 17.4 Å². The van der Waals surface area contributed by atoms with Gasteiger partial charge in [0.05, 0.1) is 11.1 Å². The Labute approximate surface area is 112 Å². The predicted molar refractivity (Wildman–Crippen MR) is 67.9 cm³/mol. The van der Waals surface area contributed by atoms with Crippen LogP contribution in [0.5, 0.6) is 0 Å². The molecule has 2 N–H and O–H groups in total. The Hall–Kier alpha value is -1.97. The lowest BCUT2D eigenvalue weighted by atomic mass is 10.4. The first-order valence-electron chi connectivity index (χ1n) is 4.91. The van der Waals surface area contributed by atoms with Gasteiger partial charge in [-0.1, -0.05) is 6.07 Å². The molecule has 2 heterocycles. The number of carbonyl (C=O) groups excluding carboxylic acids is 1. The van der Waals surface area contributed by atoms with Gasteiger partial charge in [-0.3, -0.25) is 9.35 Å². The zero-order valence-corrected chi connectivity index (χ0v) is 10.9. The van der Waals surface area contributed by atoms with Crippen molar-refractivity contribution < 1.29 is 22.2 Å². The van der Waals surface area contributed by atoms with Gasteiger partial charge in [-0.25, -0.2) is 5.43 Å². The molecule has 0 saturated heterocycles. The lowest BCUT2D eigenvalue weighted by molar-refractivity contribution is 0.0959. The maximum Gasteiger partial charge on any atom is 0.328 e. The van der Waals surface area contributed by atoms with Gasteiger partial charge in [0.1, 0.15) is 5.76 Å². The third-order valence-corrected chi connectivity index (χ3v) is 3.56. The van der Waals surface area contributed by atoms with E-state index in [1.807, 2.05) is 0 Å². The van der Waals surface area contributed by atoms with Crippen LogP contribution in [0, 0.1) is 0 Å². The molecule has 0 aromatic carbocycles. The van der Waals surface area contributed by atoms with Crippen LogP contribution in [0.3, 0.4) is 0 Å². The number of nitrogens with zero attached hydrogens (tertiary/aromatic N) is 1. The zero-order chi connectivity index (χ0) is 13.9. The number of thiophene rings is 1. The summed E-state index contributed by atoms with van der Waals surface area (Å²) < 4.78 is 35.0. The van der Waals surface area contributed by atoms with Gasteiger partial charge < -0.3 is 4.42 Å². The van der Waals surface area contributed by atoms with E-state index in [0.717, 1.165) is 12.3 Å². The highest BCUT2D eigenvalue weighted by atomic mass is 32.2.